The van der Waals surface area contributed by atoms with Crippen molar-refractivity contribution in [2.75, 3.05) is 6.61 Å². The molecule has 0 atom stereocenters. The maximum atomic E-state index is 13.1. The highest BCUT2D eigenvalue weighted by Gasteiger charge is 2.46. The van der Waals surface area contributed by atoms with Gasteiger partial charge in [0.1, 0.15) is 5.75 Å². The summed E-state index contributed by atoms with van der Waals surface area (Å²) in [4.78, 5) is 24.1. The van der Waals surface area contributed by atoms with Crippen molar-refractivity contribution in [2.24, 2.45) is 5.41 Å². The molecule has 0 unspecified atom stereocenters. The molecule has 7 heteroatoms. The maximum absolute atomic E-state index is 13.1. The molecule has 0 saturated carbocycles. The summed E-state index contributed by atoms with van der Waals surface area (Å²) in [5, 5.41) is 0. The summed E-state index contributed by atoms with van der Waals surface area (Å²) in [6.45, 7) is 11.3. The Hall–Kier alpha value is -1.20. The Morgan fingerprint density at radius 2 is 1.48 bits per heavy atom. The highest BCUT2D eigenvalue weighted by molar-refractivity contribution is 14.1. The van der Waals surface area contributed by atoms with E-state index in [0.29, 0.717) is 24.5 Å². The first-order valence-corrected chi connectivity index (χ1v) is 12.1. The fourth-order valence-electron chi connectivity index (χ4n) is 2.74. The van der Waals surface area contributed by atoms with Gasteiger partial charge >= 0.3 is 11.9 Å². The number of benzene rings is 2. The zero-order chi connectivity index (χ0) is 23.4. The number of aryl methyl sites for hydroxylation is 1. The summed E-state index contributed by atoms with van der Waals surface area (Å²) in [5.41, 5.74) is 0.556. The van der Waals surface area contributed by atoms with Gasteiger partial charge in [-0.1, -0.05) is 12.1 Å². The van der Waals surface area contributed by atoms with E-state index in [-0.39, 0.29) is 11.9 Å². The van der Waals surface area contributed by atoms with Crippen LogP contribution in [-0.2, 0) is 20.7 Å². The van der Waals surface area contributed by atoms with Gasteiger partial charge in [0.2, 0.25) is 0 Å². The second-order valence-electron chi connectivity index (χ2n) is 8.42. The smallest absolute Gasteiger partial charge is 0.319 e. The SMILES string of the molecule is CC(=O)Oc1ccc(CCOC(C)(C)C(C)(C)C(=O)Oc2c(I)cc(C)cc2I)cc1. The Kier molecular flexibility index (Phi) is 8.92. The van der Waals surface area contributed by atoms with Gasteiger partial charge in [0.15, 0.2) is 5.75 Å². The van der Waals surface area contributed by atoms with Crippen molar-refractivity contribution in [3.8, 4) is 11.5 Å². The maximum Gasteiger partial charge on any atom is 0.319 e. The molecular weight excluding hydrogens is 622 g/mol. The Balaban J connectivity index is 2.01. The highest BCUT2D eigenvalue weighted by Crippen LogP contribution is 2.37. The zero-order valence-corrected chi connectivity index (χ0v) is 23.0. The molecule has 2 aromatic carbocycles. The molecule has 0 fully saturated rings. The lowest BCUT2D eigenvalue weighted by Gasteiger charge is -2.39. The van der Waals surface area contributed by atoms with Crippen molar-refractivity contribution in [2.45, 2.75) is 53.6 Å². The minimum absolute atomic E-state index is 0.331. The van der Waals surface area contributed by atoms with Crippen LogP contribution in [-0.4, -0.2) is 24.1 Å². The second kappa shape index (κ2) is 10.6. The molecule has 0 bridgehead atoms. The molecule has 0 aliphatic heterocycles. The summed E-state index contributed by atoms with van der Waals surface area (Å²) < 4.78 is 18.8. The van der Waals surface area contributed by atoms with E-state index < -0.39 is 11.0 Å². The molecule has 168 valence electrons. The molecule has 2 rings (SSSR count). The largest absolute Gasteiger partial charge is 0.427 e. The van der Waals surface area contributed by atoms with Crippen molar-refractivity contribution in [1.29, 1.82) is 0 Å². The van der Waals surface area contributed by atoms with Crippen molar-refractivity contribution in [1.82, 2.24) is 0 Å². The second-order valence-corrected chi connectivity index (χ2v) is 10.7. The Bertz CT molecular complexity index is 926. The van der Waals surface area contributed by atoms with E-state index in [2.05, 4.69) is 45.2 Å². The van der Waals surface area contributed by atoms with E-state index >= 15 is 0 Å². The van der Waals surface area contributed by atoms with Gasteiger partial charge < -0.3 is 14.2 Å². The molecular formula is C24H28I2O5. The molecule has 0 saturated heterocycles. The van der Waals surface area contributed by atoms with E-state index in [4.69, 9.17) is 14.2 Å². The number of hydrogen-bond donors (Lipinski definition) is 0. The van der Waals surface area contributed by atoms with Gasteiger partial charge in [-0.25, -0.2) is 0 Å². The van der Waals surface area contributed by atoms with Gasteiger partial charge in [0, 0.05) is 6.92 Å². The molecule has 0 radical (unpaired) electrons. The third-order valence-corrected chi connectivity index (χ3v) is 6.99. The van der Waals surface area contributed by atoms with Crippen LogP contribution in [0.2, 0.25) is 0 Å². The minimum Gasteiger partial charge on any atom is -0.427 e. The number of ether oxygens (including phenoxy) is 3. The lowest BCUT2D eigenvalue weighted by Crippen LogP contribution is -2.49. The van der Waals surface area contributed by atoms with Crippen LogP contribution in [0.3, 0.4) is 0 Å². The molecule has 2 aromatic rings. The first-order valence-electron chi connectivity index (χ1n) is 9.93. The highest BCUT2D eigenvalue weighted by atomic mass is 127. The average molecular weight is 650 g/mol. The number of hydrogen-bond acceptors (Lipinski definition) is 5. The average Bonchev–Trinajstić information content (AvgIpc) is 2.65. The zero-order valence-electron chi connectivity index (χ0n) is 18.7. The lowest BCUT2D eigenvalue weighted by molar-refractivity contribution is -0.165. The Labute approximate surface area is 211 Å². The Morgan fingerprint density at radius 1 is 0.935 bits per heavy atom. The van der Waals surface area contributed by atoms with Crippen molar-refractivity contribution in [3.05, 3.63) is 54.7 Å². The third kappa shape index (κ3) is 6.89. The number of carbonyl (C=O) groups is 2. The summed E-state index contributed by atoms with van der Waals surface area (Å²) in [7, 11) is 0. The van der Waals surface area contributed by atoms with Gasteiger partial charge in [-0.15, -0.1) is 0 Å². The predicted octanol–water partition coefficient (Wildman–Crippen LogP) is 6.10. The minimum atomic E-state index is -0.872. The number of esters is 2. The van der Waals surface area contributed by atoms with Crippen LogP contribution in [0, 0.1) is 19.5 Å². The number of halogens is 2. The first kappa shape index (κ1) is 26.1. The van der Waals surface area contributed by atoms with Crippen LogP contribution < -0.4 is 9.47 Å². The molecule has 31 heavy (non-hydrogen) atoms. The Morgan fingerprint density at radius 3 is 2.00 bits per heavy atom. The molecule has 0 amide bonds. The fraction of sp³-hybridized carbons (Fsp3) is 0.417. The fourth-order valence-corrected chi connectivity index (χ4v) is 5.04. The topological polar surface area (TPSA) is 61.8 Å². The summed E-state index contributed by atoms with van der Waals surface area (Å²) in [6.07, 6.45) is 0.669. The van der Waals surface area contributed by atoms with Gasteiger partial charge in [0.05, 0.1) is 24.8 Å². The molecule has 0 aliphatic carbocycles. The number of carbonyl (C=O) groups excluding carboxylic acids is 2. The van der Waals surface area contributed by atoms with Crippen LogP contribution in [0.15, 0.2) is 36.4 Å². The predicted molar refractivity (Wildman–Crippen MR) is 138 cm³/mol. The van der Waals surface area contributed by atoms with Crippen molar-refractivity contribution >= 4 is 57.1 Å². The first-order chi connectivity index (χ1) is 14.3. The molecule has 5 nitrogen and oxygen atoms in total. The standard InChI is InChI=1S/C24H28I2O5/c1-15-13-19(25)21(20(26)14-15)31-22(28)23(3,4)24(5,6)29-12-11-17-7-9-18(10-8-17)30-16(2)27/h7-10,13-14H,11-12H2,1-6H3. The van der Waals surface area contributed by atoms with Crippen molar-refractivity contribution < 1.29 is 23.8 Å². The normalized spacial score (nSPS) is 11.9. The lowest BCUT2D eigenvalue weighted by atomic mass is 9.77. The molecule has 0 aliphatic rings. The van der Waals surface area contributed by atoms with E-state index in [1.54, 1.807) is 12.1 Å². The van der Waals surface area contributed by atoms with Crippen molar-refractivity contribution in [3.63, 3.8) is 0 Å². The van der Waals surface area contributed by atoms with E-state index in [1.807, 2.05) is 58.9 Å². The molecule has 0 N–H and O–H groups in total. The molecule has 0 spiro atoms. The summed E-state index contributed by atoms with van der Waals surface area (Å²) >= 11 is 4.38. The van der Waals surface area contributed by atoms with Crippen LogP contribution >= 0.6 is 45.2 Å². The summed E-state index contributed by atoms with van der Waals surface area (Å²) in [6, 6.07) is 11.3. The third-order valence-electron chi connectivity index (χ3n) is 5.39. The van der Waals surface area contributed by atoms with Crippen LogP contribution in [0.25, 0.3) is 0 Å². The quantitative estimate of drug-likeness (QED) is 0.197. The van der Waals surface area contributed by atoms with Crippen LogP contribution in [0.4, 0.5) is 0 Å². The number of rotatable bonds is 8. The van der Waals surface area contributed by atoms with Gasteiger partial charge in [0.25, 0.3) is 0 Å². The molecule has 0 heterocycles. The van der Waals surface area contributed by atoms with E-state index in [0.717, 1.165) is 18.3 Å². The van der Waals surface area contributed by atoms with Crippen LogP contribution in [0.5, 0.6) is 11.5 Å². The van der Waals surface area contributed by atoms with Gasteiger partial charge in [-0.3, -0.25) is 9.59 Å². The van der Waals surface area contributed by atoms with Crippen LogP contribution in [0.1, 0.15) is 45.7 Å². The van der Waals surface area contributed by atoms with E-state index in [9.17, 15) is 9.59 Å². The molecule has 0 aromatic heterocycles. The van der Waals surface area contributed by atoms with E-state index in [1.165, 1.54) is 6.92 Å². The van der Waals surface area contributed by atoms with Gasteiger partial charge in [-0.05, 0) is 122 Å². The monoisotopic (exact) mass is 650 g/mol. The summed E-state index contributed by atoms with van der Waals surface area (Å²) in [5.74, 6) is 0.431. The van der Waals surface area contributed by atoms with Gasteiger partial charge in [-0.2, -0.15) is 0 Å².